The second-order valence-corrected chi connectivity index (χ2v) is 5.49. The van der Waals surface area contributed by atoms with E-state index >= 15 is 0 Å². The van der Waals surface area contributed by atoms with Crippen molar-refractivity contribution in [3.05, 3.63) is 36.9 Å². The largest absolute Gasteiger partial charge is 0.353 e. The number of rotatable bonds is 4. The number of aromatic nitrogens is 3. The number of nitrogens with zero attached hydrogens (tertiary/aromatic N) is 5. The van der Waals surface area contributed by atoms with E-state index in [1.807, 2.05) is 12.1 Å². The lowest BCUT2D eigenvalue weighted by atomic mass is 10.2. The Kier molecular flexibility index (Phi) is 4.74. The maximum atomic E-state index is 11.9. The van der Waals surface area contributed by atoms with Crippen molar-refractivity contribution in [3.8, 4) is 11.4 Å². The first-order chi connectivity index (χ1) is 11.7. The lowest BCUT2D eigenvalue weighted by molar-refractivity contribution is 0.195. The molecule has 0 aliphatic carbocycles. The van der Waals surface area contributed by atoms with Gasteiger partial charge >= 0.3 is 6.03 Å². The lowest BCUT2D eigenvalue weighted by Crippen LogP contribution is -2.52. The fourth-order valence-corrected chi connectivity index (χ4v) is 2.53. The molecule has 1 fully saturated rings. The highest BCUT2D eigenvalue weighted by Crippen LogP contribution is 2.19. The van der Waals surface area contributed by atoms with Crippen LogP contribution in [0.1, 0.15) is 5.89 Å². The summed E-state index contributed by atoms with van der Waals surface area (Å²) in [4.78, 5) is 24.5. The standard InChI is InChI=1S/C16H20N6O2/c1-3-6-17-16(23)22-9-7-21(8-10-22)14-5-4-13(11-18-14)15-19-12(2)24-20-15/h3-5,11H,1,6-10H2,2H3,(H,17,23). The van der Waals surface area contributed by atoms with E-state index in [0.29, 0.717) is 31.3 Å². The Hall–Kier alpha value is -2.90. The zero-order valence-electron chi connectivity index (χ0n) is 13.6. The molecule has 0 atom stereocenters. The highest BCUT2D eigenvalue weighted by molar-refractivity contribution is 5.74. The number of amides is 2. The van der Waals surface area contributed by atoms with Gasteiger partial charge in [0.2, 0.25) is 11.7 Å². The molecule has 3 rings (SSSR count). The Morgan fingerprint density at radius 1 is 1.38 bits per heavy atom. The molecule has 1 saturated heterocycles. The summed E-state index contributed by atoms with van der Waals surface area (Å²) >= 11 is 0. The number of hydrogen-bond donors (Lipinski definition) is 1. The minimum Gasteiger partial charge on any atom is -0.353 e. The molecule has 2 aromatic heterocycles. The third-order valence-electron chi connectivity index (χ3n) is 3.82. The van der Waals surface area contributed by atoms with Crippen LogP contribution in [0, 0.1) is 6.92 Å². The number of nitrogens with one attached hydrogen (secondary N) is 1. The van der Waals surface area contributed by atoms with Crippen LogP contribution in [-0.4, -0.2) is 58.8 Å². The zero-order valence-corrected chi connectivity index (χ0v) is 13.6. The summed E-state index contributed by atoms with van der Waals surface area (Å²) in [7, 11) is 0. The molecule has 1 aliphatic heterocycles. The van der Waals surface area contributed by atoms with Crippen molar-refractivity contribution >= 4 is 11.8 Å². The average Bonchev–Trinajstić information content (AvgIpc) is 3.06. The molecule has 8 heteroatoms. The predicted molar refractivity (Wildman–Crippen MR) is 89.6 cm³/mol. The van der Waals surface area contributed by atoms with E-state index in [-0.39, 0.29) is 6.03 Å². The molecule has 24 heavy (non-hydrogen) atoms. The number of hydrogen-bond acceptors (Lipinski definition) is 6. The minimum atomic E-state index is -0.0506. The molecule has 3 heterocycles. The third kappa shape index (κ3) is 3.53. The van der Waals surface area contributed by atoms with E-state index in [9.17, 15) is 4.79 Å². The molecule has 1 aliphatic rings. The first-order valence-electron chi connectivity index (χ1n) is 7.82. The zero-order chi connectivity index (χ0) is 16.9. The van der Waals surface area contributed by atoms with Gasteiger partial charge in [-0.3, -0.25) is 0 Å². The molecule has 126 valence electrons. The predicted octanol–water partition coefficient (Wildman–Crippen LogP) is 1.46. The molecule has 0 radical (unpaired) electrons. The summed E-state index contributed by atoms with van der Waals surface area (Å²) in [5, 5.41) is 6.68. The number of aryl methyl sites for hydroxylation is 1. The normalized spacial score (nSPS) is 14.5. The summed E-state index contributed by atoms with van der Waals surface area (Å²) in [6.07, 6.45) is 3.41. The Morgan fingerprint density at radius 3 is 2.75 bits per heavy atom. The topological polar surface area (TPSA) is 87.4 Å². The Bertz CT molecular complexity index is 704. The van der Waals surface area contributed by atoms with Crippen LogP contribution in [0.3, 0.4) is 0 Å². The number of anilines is 1. The molecule has 0 unspecified atom stereocenters. The molecular formula is C16H20N6O2. The van der Waals surface area contributed by atoms with Crippen LogP contribution in [0.25, 0.3) is 11.4 Å². The van der Waals surface area contributed by atoms with Crippen molar-refractivity contribution in [2.24, 2.45) is 0 Å². The quantitative estimate of drug-likeness (QED) is 0.855. The molecule has 2 aromatic rings. The smallest absolute Gasteiger partial charge is 0.317 e. The van der Waals surface area contributed by atoms with E-state index in [4.69, 9.17) is 4.52 Å². The number of urea groups is 1. The van der Waals surface area contributed by atoms with Crippen molar-refractivity contribution in [1.29, 1.82) is 0 Å². The van der Waals surface area contributed by atoms with E-state index in [0.717, 1.165) is 24.5 Å². The molecule has 0 aromatic carbocycles. The third-order valence-corrected chi connectivity index (χ3v) is 3.82. The molecule has 0 bridgehead atoms. The Balaban J connectivity index is 1.58. The summed E-state index contributed by atoms with van der Waals surface area (Å²) < 4.78 is 4.98. The van der Waals surface area contributed by atoms with Crippen LogP contribution < -0.4 is 10.2 Å². The van der Waals surface area contributed by atoms with Crippen LogP contribution in [0.5, 0.6) is 0 Å². The summed E-state index contributed by atoms with van der Waals surface area (Å²) in [5.74, 6) is 1.94. The van der Waals surface area contributed by atoms with Gasteiger partial charge in [-0.25, -0.2) is 9.78 Å². The van der Waals surface area contributed by atoms with Gasteiger partial charge in [-0.15, -0.1) is 6.58 Å². The Labute approximate surface area is 140 Å². The minimum absolute atomic E-state index is 0.0506. The number of carbonyl (C=O) groups excluding carboxylic acids is 1. The first-order valence-corrected chi connectivity index (χ1v) is 7.82. The first kappa shape index (κ1) is 16.0. The van der Waals surface area contributed by atoms with Crippen LogP contribution >= 0.6 is 0 Å². The molecule has 0 spiro atoms. The molecule has 2 amide bonds. The fraction of sp³-hybridized carbons (Fsp3) is 0.375. The average molecular weight is 328 g/mol. The van der Waals surface area contributed by atoms with Crippen LogP contribution in [0.15, 0.2) is 35.5 Å². The second kappa shape index (κ2) is 7.12. The Morgan fingerprint density at radius 2 is 2.17 bits per heavy atom. The highest BCUT2D eigenvalue weighted by atomic mass is 16.5. The maximum Gasteiger partial charge on any atom is 0.317 e. The van der Waals surface area contributed by atoms with Gasteiger partial charge in [0, 0.05) is 51.4 Å². The van der Waals surface area contributed by atoms with E-state index < -0.39 is 0 Å². The summed E-state index contributed by atoms with van der Waals surface area (Å²) in [6.45, 7) is 8.65. The fourth-order valence-electron chi connectivity index (χ4n) is 2.53. The SMILES string of the molecule is C=CCNC(=O)N1CCN(c2ccc(-c3noc(C)n3)cn2)CC1. The van der Waals surface area contributed by atoms with E-state index in [2.05, 4.69) is 31.9 Å². The monoisotopic (exact) mass is 328 g/mol. The van der Waals surface area contributed by atoms with Gasteiger partial charge in [0.1, 0.15) is 5.82 Å². The van der Waals surface area contributed by atoms with Crippen molar-refractivity contribution in [2.75, 3.05) is 37.6 Å². The number of pyridine rings is 1. The van der Waals surface area contributed by atoms with Crippen LogP contribution in [-0.2, 0) is 0 Å². The van der Waals surface area contributed by atoms with Gasteiger partial charge in [-0.2, -0.15) is 4.98 Å². The summed E-state index contributed by atoms with van der Waals surface area (Å²) in [6, 6.07) is 3.81. The van der Waals surface area contributed by atoms with Crippen LogP contribution in [0.2, 0.25) is 0 Å². The number of piperazine rings is 1. The molecule has 1 N–H and O–H groups in total. The van der Waals surface area contributed by atoms with Gasteiger partial charge in [-0.05, 0) is 12.1 Å². The van der Waals surface area contributed by atoms with Crippen molar-refractivity contribution < 1.29 is 9.32 Å². The lowest BCUT2D eigenvalue weighted by Gasteiger charge is -2.35. The highest BCUT2D eigenvalue weighted by Gasteiger charge is 2.21. The summed E-state index contributed by atoms with van der Waals surface area (Å²) in [5.41, 5.74) is 0.818. The van der Waals surface area contributed by atoms with Gasteiger partial charge in [0.15, 0.2) is 0 Å². The van der Waals surface area contributed by atoms with Crippen LogP contribution in [0.4, 0.5) is 10.6 Å². The van der Waals surface area contributed by atoms with E-state index in [1.54, 1.807) is 24.1 Å². The van der Waals surface area contributed by atoms with Gasteiger partial charge in [0.05, 0.1) is 0 Å². The second-order valence-electron chi connectivity index (χ2n) is 5.49. The van der Waals surface area contributed by atoms with Gasteiger partial charge in [0.25, 0.3) is 0 Å². The maximum absolute atomic E-state index is 11.9. The van der Waals surface area contributed by atoms with Gasteiger partial charge < -0.3 is 19.6 Å². The van der Waals surface area contributed by atoms with Crippen molar-refractivity contribution in [1.82, 2.24) is 25.3 Å². The molecule has 0 saturated carbocycles. The number of carbonyl (C=O) groups is 1. The van der Waals surface area contributed by atoms with Crippen molar-refractivity contribution in [3.63, 3.8) is 0 Å². The van der Waals surface area contributed by atoms with Gasteiger partial charge in [-0.1, -0.05) is 11.2 Å². The van der Waals surface area contributed by atoms with Crippen molar-refractivity contribution in [2.45, 2.75) is 6.92 Å². The molecule has 8 nitrogen and oxygen atoms in total. The molecular weight excluding hydrogens is 308 g/mol. The van der Waals surface area contributed by atoms with E-state index in [1.165, 1.54) is 0 Å².